The SMILES string of the molecule is NS(=O)(=O)c1ccc(Br)c(C(=O)OCc2csc(-c3cccs3)n2)c1. The molecule has 2 N–H and O–H groups in total. The fraction of sp³-hybridized carbons (Fsp3) is 0.0667. The number of thiazole rings is 1. The number of nitrogens with two attached hydrogens (primary N) is 1. The van der Waals surface area contributed by atoms with Gasteiger partial charge in [0.15, 0.2) is 0 Å². The van der Waals surface area contributed by atoms with Crippen LogP contribution in [0.15, 0.2) is 50.5 Å². The molecule has 0 atom stereocenters. The lowest BCUT2D eigenvalue weighted by molar-refractivity contribution is 0.0467. The molecule has 0 unspecified atom stereocenters. The van der Waals surface area contributed by atoms with E-state index in [4.69, 9.17) is 9.88 Å². The van der Waals surface area contributed by atoms with Gasteiger partial charge < -0.3 is 4.74 Å². The molecule has 0 aliphatic heterocycles. The Labute approximate surface area is 160 Å². The summed E-state index contributed by atoms with van der Waals surface area (Å²) in [5.74, 6) is -0.664. The summed E-state index contributed by atoms with van der Waals surface area (Å²) in [6.45, 7) is -0.00719. The highest BCUT2D eigenvalue weighted by atomic mass is 79.9. The van der Waals surface area contributed by atoms with Gasteiger partial charge in [0.25, 0.3) is 0 Å². The molecule has 6 nitrogen and oxygen atoms in total. The summed E-state index contributed by atoms with van der Waals surface area (Å²) in [6.07, 6.45) is 0. The number of ether oxygens (including phenoxy) is 1. The van der Waals surface area contributed by atoms with Crippen LogP contribution in [0.4, 0.5) is 0 Å². The first-order chi connectivity index (χ1) is 11.8. The van der Waals surface area contributed by atoms with Gasteiger partial charge >= 0.3 is 5.97 Å². The molecule has 0 radical (unpaired) electrons. The Morgan fingerprint density at radius 3 is 2.76 bits per heavy atom. The maximum atomic E-state index is 12.2. The summed E-state index contributed by atoms with van der Waals surface area (Å²) < 4.78 is 28.5. The Balaban J connectivity index is 1.73. The molecule has 0 spiro atoms. The average molecular weight is 459 g/mol. The number of halogens is 1. The molecule has 3 rings (SSSR count). The van der Waals surface area contributed by atoms with E-state index in [1.165, 1.54) is 29.5 Å². The second-order valence-corrected chi connectivity index (χ2v) is 9.11. The number of hydrogen-bond donors (Lipinski definition) is 1. The van der Waals surface area contributed by atoms with Crippen molar-refractivity contribution in [3.8, 4) is 9.88 Å². The van der Waals surface area contributed by atoms with Gasteiger partial charge in [-0.05, 0) is 45.6 Å². The van der Waals surface area contributed by atoms with Gasteiger partial charge in [-0.3, -0.25) is 0 Å². The Bertz CT molecular complexity index is 1010. The van der Waals surface area contributed by atoms with E-state index in [1.807, 2.05) is 22.9 Å². The molecule has 2 heterocycles. The van der Waals surface area contributed by atoms with Gasteiger partial charge in [0, 0.05) is 9.85 Å². The van der Waals surface area contributed by atoms with E-state index in [-0.39, 0.29) is 17.1 Å². The average Bonchev–Trinajstić information content (AvgIpc) is 3.23. The third-order valence-electron chi connectivity index (χ3n) is 3.12. The zero-order valence-corrected chi connectivity index (χ0v) is 16.5. The molecule has 0 fully saturated rings. The lowest BCUT2D eigenvalue weighted by Crippen LogP contribution is -2.14. The van der Waals surface area contributed by atoms with Crippen molar-refractivity contribution < 1.29 is 17.9 Å². The molecule has 0 saturated carbocycles. The minimum Gasteiger partial charge on any atom is -0.456 e. The molecule has 0 aliphatic carbocycles. The highest BCUT2D eigenvalue weighted by Gasteiger charge is 2.17. The first-order valence-corrected chi connectivity index (χ1v) is 10.9. The molecular weight excluding hydrogens is 448 g/mol. The van der Waals surface area contributed by atoms with Crippen LogP contribution in [0.1, 0.15) is 16.1 Å². The first kappa shape index (κ1) is 18.2. The number of nitrogens with zero attached hydrogens (tertiary/aromatic N) is 1. The summed E-state index contributed by atoms with van der Waals surface area (Å²) in [5.41, 5.74) is 0.709. The van der Waals surface area contributed by atoms with Gasteiger partial charge in [-0.1, -0.05) is 6.07 Å². The van der Waals surface area contributed by atoms with E-state index in [0.29, 0.717) is 10.2 Å². The molecule has 0 aliphatic rings. The van der Waals surface area contributed by atoms with Gasteiger partial charge in [0.05, 0.1) is 21.0 Å². The lowest BCUT2D eigenvalue weighted by Gasteiger charge is -2.07. The number of rotatable bonds is 5. The predicted octanol–water partition coefficient (Wildman–Crippen LogP) is 3.64. The van der Waals surface area contributed by atoms with Crippen LogP contribution < -0.4 is 5.14 Å². The van der Waals surface area contributed by atoms with Gasteiger partial charge in [0.1, 0.15) is 11.6 Å². The number of carbonyl (C=O) groups excluding carboxylic acids is 1. The quantitative estimate of drug-likeness (QED) is 0.588. The van der Waals surface area contributed by atoms with Crippen LogP contribution in [0.2, 0.25) is 0 Å². The van der Waals surface area contributed by atoms with E-state index in [1.54, 1.807) is 11.3 Å². The lowest BCUT2D eigenvalue weighted by atomic mass is 10.2. The predicted molar refractivity (Wildman–Crippen MR) is 100 cm³/mol. The number of thiophene rings is 1. The summed E-state index contributed by atoms with van der Waals surface area (Å²) >= 11 is 6.25. The van der Waals surface area contributed by atoms with Gasteiger partial charge in [0.2, 0.25) is 10.0 Å². The van der Waals surface area contributed by atoms with E-state index >= 15 is 0 Å². The van der Waals surface area contributed by atoms with Crippen molar-refractivity contribution in [1.82, 2.24) is 4.98 Å². The van der Waals surface area contributed by atoms with Gasteiger partial charge in [-0.15, -0.1) is 22.7 Å². The van der Waals surface area contributed by atoms with Crippen LogP contribution in [0.5, 0.6) is 0 Å². The number of hydrogen-bond acceptors (Lipinski definition) is 7. The summed E-state index contributed by atoms with van der Waals surface area (Å²) in [5, 5.41) is 9.73. The van der Waals surface area contributed by atoms with Crippen molar-refractivity contribution in [3.63, 3.8) is 0 Å². The van der Waals surface area contributed by atoms with Crippen molar-refractivity contribution in [2.75, 3.05) is 0 Å². The largest absolute Gasteiger partial charge is 0.456 e. The normalized spacial score (nSPS) is 11.4. The number of sulfonamides is 1. The molecule has 130 valence electrons. The fourth-order valence-corrected chi connectivity index (χ4v) is 4.51. The van der Waals surface area contributed by atoms with Crippen LogP contribution in [0.25, 0.3) is 9.88 Å². The number of benzene rings is 1. The highest BCUT2D eigenvalue weighted by Crippen LogP contribution is 2.28. The molecule has 2 aromatic heterocycles. The monoisotopic (exact) mass is 458 g/mol. The summed E-state index contributed by atoms with van der Waals surface area (Å²) in [4.78, 5) is 17.6. The maximum absolute atomic E-state index is 12.2. The van der Waals surface area contributed by atoms with E-state index < -0.39 is 16.0 Å². The summed E-state index contributed by atoms with van der Waals surface area (Å²) in [6, 6.07) is 7.84. The van der Waals surface area contributed by atoms with Crippen LogP contribution in [-0.4, -0.2) is 19.4 Å². The van der Waals surface area contributed by atoms with Crippen molar-refractivity contribution in [2.45, 2.75) is 11.5 Å². The van der Waals surface area contributed by atoms with Crippen molar-refractivity contribution in [1.29, 1.82) is 0 Å². The molecule has 3 aromatic rings. The van der Waals surface area contributed by atoms with Crippen LogP contribution >= 0.6 is 38.6 Å². The smallest absolute Gasteiger partial charge is 0.339 e. The molecule has 1 aromatic carbocycles. The van der Waals surface area contributed by atoms with Gasteiger partial charge in [-0.2, -0.15) is 0 Å². The molecule has 0 bridgehead atoms. The van der Waals surface area contributed by atoms with Crippen LogP contribution in [-0.2, 0) is 21.4 Å². The zero-order chi connectivity index (χ0) is 18.0. The van der Waals surface area contributed by atoms with Crippen molar-refractivity contribution >= 4 is 54.6 Å². The number of carbonyl (C=O) groups is 1. The second-order valence-electron chi connectivity index (χ2n) is 4.88. The minimum absolute atomic E-state index is 0.00719. The molecule has 0 saturated heterocycles. The Morgan fingerprint density at radius 1 is 1.28 bits per heavy atom. The minimum atomic E-state index is -3.90. The zero-order valence-electron chi connectivity index (χ0n) is 12.5. The molecule has 0 amide bonds. The number of primary sulfonamides is 1. The van der Waals surface area contributed by atoms with E-state index in [9.17, 15) is 13.2 Å². The number of esters is 1. The molecular formula is C15H11BrN2O4S3. The third kappa shape index (κ3) is 4.33. The second kappa shape index (κ2) is 7.34. The van der Waals surface area contributed by atoms with Crippen molar-refractivity contribution in [3.05, 3.63) is 56.8 Å². The highest BCUT2D eigenvalue weighted by molar-refractivity contribution is 9.10. The van der Waals surface area contributed by atoms with Crippen molar-refractivity contribution in [2.24, 2.45) is 5.14 Å². The number of aromatic nitrogens is 1. The molecule has 10 heteroatoms. The van der Waals surface area contributed by atoms with Crippen LogP contribution in [0, 0.1) is 0 Å². The Morgan fingerprint density at radius 2 is 2.08 bits per heavy atom. The Hall–Kier alpha value is -1.59. The van der Waals surface area contributed by atoms with Gasteiger partial charge in [-0.25, -0.2) is 23.3 Å². The molecule has 25 heavy (non-hydrogen) atoms. The van der Waals surface area contributed by atoms with E-state index in [2.05, 4.69) is 20.9 Å². The first-order valence-electron chi connectivity index (χ1n) is 6.82. The van der Waals surface area contributed by atoms with E-state index in [0.717, 1.165) is 9.88 Å². The standard InChI is InChI=1S/C15H11BrN2O4S3/c16-12-4-3-10(25(17,20)21)6-11(12)15(19)22-7-9-8-24-14(18-9)13-2-1-5-23-13/h1-6,8H,7H2,(H2,17,20,21). The van der Waals surface area contributed by atoms with Crippen LogP contribution in [0.3, 0.4) is 0 Å². The Kier molecular flexibility index (Phi) is 5.35. The maximum Gasteiger partial charge on any atom is 0.339 e. The topological polar surface area (TPSA) is 99.4 Å². The third-order valence-corrected chi connectivity index (χ3v) is 6.65. The summed E-state index contributed by atoms with van der Waals surface area (Å²) in [7, 11) is -3.90. The fourth-order valence-electron chi connectivity index (χ4n) is 1.94.